The number of nitrogens with zero attached hydrogens (tertiary/aromatic N) is 7. The van der Waals surface area contributed by atoms with Gasteiger partial charge in [-0.05, 0) is 106 Å². The molecule has 4 saturated heterocycles. The fraction of sp³-hybridized carbons (Fsp3) is 0.571. The summed E-state index contributed by atoms with van der Waals surface area (Å²) in [5, 5.41) is 15.8. The maximum atomic E-state index is 14.6. The third-order valence-electron chi connectivity index (χ3n) is 14.8. The second kappa shape index (κ2) is 21.1. The van der Waals surface area contributed by atoms with Gasteiger partial charge in [-0.25, -0.2) is 13.6 Å². The summed E-state index contributed by atoms with van der Waals surface area (Å²) in [6, 6.07) is 7.97. The van der Waals surface area contributed by atoms with E-state index in [0.29, 0.717) is 110 Å². The number of nitrogens with one attached hydrogen (secondary N) is 3. The van der Waals surface area contributed by atoms with Gasteiger partial charge < -0.3 is 35.4 Å². The Balaban J connectivity index is 0.805. The number of ether oxygens (including phenoxy) is 1. The fourth-order valence-corrected chi connectivity index (χ4v) is 10.8. The minimum Gasteiger partial charge on any atom is -0.493 e. The molecule has 366 valence electrons. The van der Waals surface area contributed by atoms with Crippen molar-refractivity contribution in [2.45, 2.75) is 95.7 Å². The zero-order valence-electron chi connectivity index (χ0n) is 39.4. The number of aromatic nitrogens is 2. The van der Waals surface area contributed by atoms with E-state index in [1.54, 1.807) is 38.1 Å². The Labute approximate surface area is 395 Å². The van der Waals surface area contributed by atoms with Crippen LogP contribution in [0.1, 0.15) is 93.9 Å². The van der Waals surface area contributed by atoms with Crippen LogP contribution in [-0.4, -0.2) is 138 Å². The number of hydrogen-bond donors (Lipinski definition) is 4. The molecule has 1 aromatic heterocycles. The van der Waals surface area contributed by atoms with Crippen molar-refractivity contribution in [1.29, 1.82) is 5.41 Å². The quantitative estimate of drug-likeness (QED) is 0.110. The molecule has 2 aromatic carbocycles. The first-order valence-corrected chi connectivity index (χ1v) is 24.1. The monoisotopic (exact) mass is 942 g/mol. The molecule has 0 spiro atoms. The minimum absolute atomic E-state index is 0.0581. The molecule has 8 rings (SSSR count). The van der Waals surface area contributed by atoms with E-state index in [0.717, 1.165) is 50.8 Å². The number of benzene rings is 2. The lowest BCUT2D eigenvalue weighted by Gasteiger charge is -2.45. The molecule has 0 aliphatic carbocycles. The van der Waals surface area contributed by atoms with E-state index in [4.69, 9.17) is 10.5 Å². The molecule has 5 N–H and O–H groups in total. The van der Waals surface area contributed by atoms with Crippen molar-refractivity contribution in [3.05, 3.63) is 63.7 Å². The average molecular weight is 942 g/mol. The number of amidine groups is 1. The predicted octanol–water partition coefficient (Wildman–Crippen LogP) is 3.98. The lowest BCUT2D eigenvalue weighted by atomic mass is 9.86. The Kier molecular flexibility index (Phi) is 15.1. The van der Waals surface area contributed by atoms with Gasteiger partial charge in [0.25, 0.3) is 6.43 Å². The summed E-state index contributed by atoms with van der Waals surface area (Å²) in [5.41, 5.74) is 8.82. The van der Waals surface area contributed by atoms with Crippen LogP contribution < -0.4 is 31.7 Å². The van der Waals surface area contributed by atoms with Gasteiger partial charge in [-0.15, -0.1) is 0 Å². The lowest BCUT2D eigenvalue weighted by Crippen LogP contribution is -2.59. The van der Waals surface area contributed by atoms with E-state index < -0.39 is 18.4 Å². The Bertz CT molecular complexity index is 2520. The number of alkyl halides is 2. The molecule has 0 saturated carbocycles. The Morgan fingerprint density at radius 1 is 0.971 bits per heavy atom. The van der Waals surface area contributed by atoms with Crippen LogP contribution in [-0.2, 0) is 32.6 Å². The Hall–Kier alpha value is -5.95. The number of rotatable bonds is 13. The van der Waals surface area contributed by atoms with Gasteiger partial charge in [0.1, 0.15) is 17.6 Å². The number of anilines is 1. The van der Waals surface area contributed by atoms with Crippen LogP contribution in [0.2, 0.25) is 0 Å². The highest BCUT2D eigenvalue weighted by molar-refractivity contribution is 6.10. The number of imide groups is 1. The summed E-state index contributed by atoms with van der Waals surface area (Å²) in [5.74, 6) is 0.221. The molecule has 6 heterocycles. The number of likely N-dealkylation sites (tertiary alicyclic amines) is 3. The molecule has 4 amide bonds. The van der Waals surface area contributed by atoms with Crippen molar-refractivity contribution in [3.63, 3.8) is 0 Å². The molecule has 3 aromatic rings. The molecule has 19 heteroatoms. The number of aliphatic imine (C=N–C) groups is 1. The van der Waals surface area contributed by atoms with Crippen LogP contribution in [0.25, 0.3) is 16.6 Å². The van der Waals surface area contributed by atoms with Gasteiger partial charge in [-0.2, -0.15) is 0 Å². The van der Waals surface area contributed by atoms with E-state index in [1.807, 2.05) is 21.9 Å². The smallest absolute Gasteiger partial charge is 0.329 e. The zero-order valence-corrected chi connectivity index (χ0v) is 39.4. The Morgan fingerprint density at radius 2 is 1.72 bits per heavy atom. The van der Waals surface area contributed by atoms with E-state index in [9.17, 15) is 38.2 Å². The van der Waals surface area contributed by atoms with Crippen LogP contribution >= 0.6 is 0 Å². The number of carbonyl (C=O) groups excluding carboxylic acids is 4. The molecule has 0 bridgehead atoms. The van der Waals surface area contributed by atoms with E-state index >= 15 is 0 Å². The second-order valence-corrected chi connectivity index (χ2v) is 19.0. The summed E-state index contributed by atoms with van der Waals surface area (Å²) < 4.78 is 38.3. The van der Waals surface area contributed by atoms with Crippen molar-refractivity contribution in [1.82, 2.24) is 34.5 Å². The summed E-state index contributed by atoms with van der Waals surface area (Å²) in [7, 11) is 3.23. The van der Waals surface area contributed by atoms with Gasteiger partial charge in [0.2, 0.25) is 23.6 Å². The van der Waals surface area contributed by atoms with Crippen molar-refractivity contribution in [2.24, 2.45) is 29.6 Å². The number of carbonyl (C=O) groups is 4. The molecule has 3 atom stereocenters. The van der Waals surface area contributed by atoms with Crippen LogP contribution in [0.15, 0.2) is 46.3 Å². The van der Waals surface area contributed by atoms with Crippen molar-refractivity contribution in [3.8, 4) is 5.75 Å². The SMILES string of the molecule is CN=CC(=CN)c1cc2c(cc1C(F)F)N(C(=N)C1CN(C(C)=O)CCC1NC1CCN(C(=O)CCN3CCC(COc4ccc5c(c4)n(C)c(=O)n5C4CCC(=O)NC4=O)CC3)CC1)CCC2. The van der Waals surface area contributed by atoms with Gasteiger partial charge in [0.15, 0.2) is 0 Å². The van der Waals surface area contributed by atoms with E-state index in [1.165, 1.54) is 27.6 Å². The van der Waals surface area contributed by atoms with Crippen LogP contribution in [0.4, 0.5) is 14.5 Å². The molecular formula is C49H65F2N11O6. The van der Waals surface area contributed by atoms with Crippen LogP contribution in [0, 0.1) is 17.2 Å². The van der Waals surface area contributed by atoms with Gasteiger partial charge in [0.05, 0.1) is 17.6 Å². The second-order valence-electron chi connectivity index (χ2n) is 19.0. The number of nitrogens with two attached hydrogens (primary N) is 1. The molecule has 5 aliphatic heterocycles. The first kappa shape index (κ1) is 48.5. The van der Waals surface area contributed by atoms with Gasteiger partial charge >= 0.3 is 5.69 Å². The number of amides is 4. The van der Waals surface area contributed by atoms with Crippen LogP contribution in [0.3, 0.4) is 0 Å². The van der Waals surface area contributed by atoms with Gasteiger partial charge in [-0.1, -0.05) is 0 Å². The highest BCUT2D eigenvalue weighted by Gasteiger charge is 2.39. The van der Waals surface area contributed by atoms with Crippen molar-refractivity contribution >= 4 is 58.0 Å². The number of allylic oxidation sites excluding steroid dienone is 1. The summed E-state index contributed by atoms with van der Waals surface area (Å²) in [4.78, 5) is 75.5. The summed E-state index contributed by atoms with van der Waals surface area (Å²) >= 11 is 0. The molecular weight excluding hydrogens is 877 g/mol. The number of fused-ring (bicyclic) bond motifs is 2. The van der Waals surface area contributed by atoms with Crippen LogP contribution in [0.5, 0.6) is 5.75 Å². The Morgan fingerprint density at radius 3 is 2.41 bits per heavy atom. The number of hydrogen-bond acceptors (Lipinski definition) is 11. The molecule has 17 nitrogen and oxygen atoms in total. The summed E-state index contributed by atoms with van der Waals surface area (Å²) in [6.07, 6.45) is 6.37. The molecule has 4 fully saturated rings. The molecule has 5 aliphatic rings. The van der Waals surface area contributed by atoms with E-state index in [2.05, 4.69) is 20.5 Å². The molecule has 68 heavy (non-hydrogen) atoms. The normalized spacial score (nSPS) is 22.6. The summed E-state index contributed by atoms with van der Waals surface area (Å²) in [6.45, 7) is 7.18. The standard InChI is InChI=1S/C49H65F2N11O6/c1-30(63)60-22-14-39(38(28-60)47(53)61-16-4-5-32-23-36(33(26-52)27-54-2)37(46(50)51)25-42(32)61)55-34-12-20-59(21-13-34)45(65)15-19-58-17-10-31(11-18-58)29-68-35-6-7-40-43(24-35)57(3)49(67)62(40)41-8-9-44(64)56-48(41)66/h6-7,23-27,31,34,38-39,41,46,53,55H,4-5,8-22,28-29,52H2,1-3H3,(H,56,64,66). The van der Waals surface area contributed by atoms with E-state index in [-0.39, 0.29) is 59.8 Å². The van der Waals surface area contributed by atoms with Crippen molar-refractivity contribution in [2.75, 3.05) is 70.9 Å². The number of aryl methyl sites for hydroxylation is 2. The minimum atomic E-state index is -2.76. The third kappa shape index (κ3) is 10.4. The fourth-order valence-electron chi connectivity index (χ4n) is 10.8. The highest BCUT2D eigenvalue weighted by atomic mass is 19.3. The number of halogens is 2. The average Bonchev–Trinajstić information content (AvgIpc) is 3.58. The maximum absolute atomic E-state index is 14.6. The lowest BCUT2D eigenvalue weighted by molar-refractivity contribution is -0.136. The first-order valence-electron chi connectivity index (χ1n) is 24.1. The topological polar surface area (TPSA) is 204 Å². The highest BCUT2D eigenvalue weighted by Crippen LogP contribution is 2.38. The van der Waals surface area contributed by atoms with Gasteiger partial charge in [0, 0.05) is 126 Å². The maximum Gasteiger partial charge on any atom is 0.329 e. The first-order chi connectivity index (χ1) is 32.7. The molecule has 3 unspecified atom stereocenters. The number of piperidine rings is 4. The predicted molar refractivity (Wildman–Crippen MR) is 256 cm³/mol. The number of imidazole rings is 1. The zero-order chi connectivity index (χ0) is 48.2. The molecule has 0 radical (unpaired) electrons. The van der Waals surface area contributed by atoms with Gasteiger partial charge in [-0.3, -0.25) is 44.0 Å². The van der Waals surface area contributed by atoms with Crippen molar-refractivity contribution < 1.29 is 32.7 Å². The third-order valence-corrected chi connectivity index (χ3v) is 14.8. The largest absolute Gasteiger partial charge is 0.493 e.